The summed E-state index contributed by atoms with van der Waals surface area (Å²) in [6.45, 7) is 3.94. The first-order valence-electron chi connectivity index (χ1n) is 10.5. The molecule has 0 bridgehead atoms. The number of esters is 1. The van der Waals surface area contributed by atoms with Gasteiger partial charge in [0.2, 0.25) is 5.88 Å². The third kappa shape index (κ3) is 3.29. The minimum Gasteiger partial charge on any atom is -0.481 e. The number of methoxy groups -OCH3 is 1. The van der Waals surface area contributed by atoms with Crippen LogP contribution in [0.2, 0.25) is 0 Å². The molecule has 0 spiro atoms. The number of fused-ring (bicyclic) bond motifs is 1. The first-order chi connectivity index (χ1) is 16.0. The van der Waals surface area contributed by atoms with Gasteiger partial charge in [0.15, 0.2) is 0 Å². The quantitative estimate of drug-likeness (QED) is 0.465. The van der Waals surface area contributed by atoms with Crippen LogP contribution >= 0.6 is 0 Å². The molecule has 3 aromatic rings. The van der Waals surface area contributed by atoms with E-state index < -0.39 is 11.6 Å². The number of aromatic nitrogens is 2. The molecule has 0 amide bonds. The molecule has 0 saturated heterocycles. The van der Waals surface area contributed by atoms with Crippen LogP contribution in [0.15, 0.2) is 47.3 Å². The zero-order valence-corrected chi connectivity index (χ0v) is 18.3. The number of nitrogens with zero attached hydrogens (tertiary/aromatic N) is 3. The van der Waals surface area contributed by atoms with E-state index in [1.807, 2.05) is 11.5 Å². The molecule has 1 N–H and O–H groups in total. The number of nitrogens with one attached hydrogen (secondary N) is 1. The summed E-state index contributed by atoms with van der Waals surface area (Å²) in [5, 5.41) is 7.22. The van der Waals surface area contributed by atoms with Crippen LogP contribution in [0.3, 0.4) is 0 Å². The summed E-state index contributed by atoms with van der Waals surface area (Å²) in [5.41, 5.74) is 1.50. The highest BCUT2D eigenvalue weighted by molar-refractivity contribution is 5.97. The van der Waals surface area contributed by atoms with Crippen molar-refractivity contribution in [1.29, 1.82) is 0 Å². The molecule has 5 rings (SSSR count). The number of hydrogen-bond acceptors (Lipinski definition) is 8. The van der Waals surface area contributed by atoms with Crippen molar-refractivity contribution < 1.29 is 32.5 Å². The second kappa shape index (κ2) is 7.88. The van der Waals surface area contributed by atoms with Crippen LogP contribution in [0.5, 0.6) is 5.88 Å². The van der Waals surface area contributed by atoms with Gasteiger partial charge >= 0.3 is 12.0 Å². The molecule has 2 atom stereocenters. The average Bonchev–Trinajstić information content (AvgIpc) is 3.49. The van der Waals surface area contributed by atoms with E-state index in [-0.39, 0.29) is 25.0 Å². The molecule has 0 radical (unpaired) electrons. The Hall–Kier alpha value is -3.95. The summed E-state index contributed by atoms with van der Waals surface area (Å²) < 4.78 is 38.3. The molecule has 1 aromatic carbocycles. The highest BCUT2D eigenvalue weighted by atomic mass is 19.1. The molecule has 9 nitrogen and oxygen atoms in total. The van der Waals surface area contributed by atoms with Gasteiger partial charge in [0, 0.05) is 29.5 Å². The van der Waals surface area contributed by atoms with E-state index in [4.69, 9.17) is 18.7 Å². The lowest BCUT2D eigenvalue weighted by Gasteiger charge is -2.22. The normalized spacial score (nSPS) is 21.0. The summed E-state index contributed by atoms with van der Waals surface area (Å²) in [4.78, 5) is 17.2. The van der Waals surface area contributed by atoms with Crippen LogP contribution in [0.1, 0.15) is 31.1 Å². The molecule has 0 fully saturated rings. The third-order valence-corrected chi connectivity index (χ3v) is 5.92. The van der Waals surface area contributed by atoms with Gasteiger partial charge in [-0.15, -0.1) is 0 Å². The van der Waals surface area contributed by atoms with Gasteiger partial charge in [0.1, 0.15) is 36.0 Å². The van der Waals surface area contributed by atoms with Crippen molar-refractivity contribution in [2.24, 2.45) is 0 Å². The predicted octanol–water partition coefficient (Wildman–Crippen LogP) is 3.23. The number of amidine groups is 1. The third-order valence-electron chi connectivity index (χ3n) is 5.92. The highest BCUT2D eigenvalue weighted by Crippen LogP contribution is 2.43. The zero-order valence-electron chi connectivity index (χ0n) is 18.3. The van der Waals surface area contributed by atoms with Gasteiger partial charge in [-0.05, 0) is 37.6 Å². The number of benzene rings is 1. The van der Waals surface area contributed by atoms with E-state index in [2.05, 4.69) is 15.5 Å². The standard InChI is InChI=1S/C23H21FN4O5/c1-4-31-21(29)23(18-6-8-32-27-18)12-28-13(2)16-10-15(24)11-17(20(16)26-22(28)33-23)14-5-7-25-19(9-14)30-3/h5-11,13H,4,12H2,1-3H3/p+1. The van der Waals surface area contributed by atoms with Gasteiger partial charge in [-0.25, -0.2) is 24.1 Å². The van der Waals surface area contributed by atoms with Crippen molar-refractivity contribution in [3.63, 3.8) is 0 Å². The van der Waals surface area contributed by atoms with Gasteiger partial charge in [0.05, 0.1) is 13.7 Å². The Balaban J connectivity index is 1.59. The Morgan fingerprint density at radius 1 is 1.36 bits per heavy atom. The molecule has 2 unspecified atom stereocenters. The number of anilines is 1. The number of rotatable bonds is 5. The number of ether oxygens (including phenoxy) is 3. The smallest absolute Gasteiger partial charge is 0.451 e. The lowest BCUT2D eigenvalue weighted by Crippen LogP contribution is -2.43. The van der Waals surface area contributed by atoms with Crippen molar-refractivity contribution in [3.05, 3.63) is 59.9 Å². The molecule has 2 aromatic heterocycles. The summed E-state index contributed by atoms with van der Waals surface area (Å²) >= 11 is 0. The fraction of sp³-hybridized carbons (Fsp3) is 0.304. The monoisotopic (exact) mass is 453 g/mol. The highest BCUT2D eigenvalue weighted by Gasteiger charge is 2.58. The first-order valence-corrected chi connectivity index (χ1v) is 10.5. The number of carbonyl (C=O) groups excluding carboxylic acids is 1. The second-order valence-electron chi connectivity index (χ2n) is 7.77. The number of halogens is 1. The SMILES string of the molecule is CCOC(=O)C1(c2ccon2)C[N+]2=C(Nc3c(-c4ccnc(OC)c4)cc(F)cc3C2C)O1. The maximum absolute atomic E-state index is 14.7. The van der Waals surface area contributed by atoms with Gasteiger partial charge < -0.3 is 18.7 Å². The number of carbonyl (C=O) groups is 1. The first kappa shape index (κ1) is 20.9. The molecule has 2 aliphatic rings. The van der Waals surface area contributed by atoms with E-state index in [0.717, 1.165) is 5.56 Å². The summed E-state index contributed by atoms with van der Waals surface area (Å²) in [7, 11) is 1.52. The van der Waals surface area contributed by atoms with Crippen LogP contribution in [-0.4, -0.2) is 47.0 Å². The Labute approximate surface area is 188 Å². The molecular weight excluding hydrogens is 431 g/mol. The maximum Gasteiger partial charge on any atom is 0.451 e. The Bertz CT molecular complexity index is 1260. The van der Waals surface area contributed by atoms with E-state index in [1.165, 1.54) is 25.5 Å². The zero-order chi connectivity index (χ0) is 23.2. The number of hydrogen-bond donors (Lipinski definition) is 1. The Kier molecular flexibility index (Phi) is 4.99. The van der Waals surface area contributed by atoms with Gasteiger partial charge in [0.25, 0.3) is 5.60 Å². The molecule has 0 saturated carbocycles. The Morgan fingerprint density at radius 3 is 2.94 bits per heavy atom. The Morgan fingerprint density at radius 2 is 2.21 bits per heavy atom. The van der Waals surface area contributed by atoms with Gasteiger partial charge in [-0.3, -0.25) is 0 Å². The van der Waals surface area contributed by atoms with Crippen LogP contribution in [-0.2, 0) is 19.9 Å². The van der Waals surface area contributed by atoms with Crippen molar-refractivity contribution in [1.82, 2.24) is 10.1 Å². The van der Waals surface area contributed by atoms with Gasteiger partial charge in [-0.2, -0.15) is 0 Å². The van der Waals surface area contributed by atoms with Crippen molar-refractivity contribution in [3.8, 4) is 17.0 Å². The van der Waals surface area contributed by atoms with E-state index in [0.29, 0.717) is 34.4 Å². The second-order valence-corrected chi connectivity index (χ2v) is 7.77. The van der Waals surface area contributed by atoms with Crippen molar-refractivity contribution in [2.75, 3.05) is 25.6 Å². The predicted molar refractivity (Wildman–Crippen MR) is 114 cm³/mol. The minimum atomic E-state index is -1.51. The largest absolute Gasteiger partial charge is 0.481 e. The topological polar surface area (TPSA) is 98.7 Å². The average molecular weight is 453 g/mol. The molecule has 2 aliphatic heterocycles. The van der Waals surface area contributed by atoms with Crippen molar-refractivity contribution >= 4 is 17.7 Å². The van der Waals surface area contributed by atoms with Gasteiger partial charge in [-0.1, -0.05) is 5.16 Å². The molecule has 10 heteroatoms. The molecule has 170 valence electrons. The summed E-state index contributed by atoms with van der Waals surface area (Å²) in [6.07, 6.45) is 2.97. The van der Waals surface area contributed by atoms with Crippen LogP contribution in [0.4, 0.5) is 10.1 Å². The fourth-order valence-corrected chi connectivity index (χ4v) is 4.28. The molecular formula is C23H22FN4O5+. The summed E-state index contributed by atoms with van der Waals surface area (Å²) in [5.74, 6) is -0.554. The molecule has 0 aliphatic carbocycles. The lowest BCUT2D eigenvalue weighted by molar-refractivity contribution is -0.567. The van der Waals surface area contributed by atoms with E-state index in [1.54, 1.807) is 31.3 Å². The minimum absolute atomic E-state index is 0.121. The number of pyridine rings is 1. The maximum atomic E-state index is 14.7. The van der Waals surface area contributed by atoms with E-state index in [9.17, 15) is 9.18 Å². The fourth-order valence-electron chi connectivity index (χ4n) is 4.28. The molecule has 33 heavy (non-hydrogen) atoms. The van der Waals surface area contributed by atoms with Crippen LogP contribution < -0.4 is 10.1 Å². The van der Waals surface area contributed by atoms with Crippen LogP contribution in [0.25, 0.3) is 11.1 Å². The van der Waals surface area contributed by atoms with E-state index >= 15 is 0 Å². The molecule has 4 heterocycles. The summed E-state index contributed by atoms with van der Waals surface area (Å²) in [6, 6.07) is 8.03. The van der Waals surface area contributed by atoms with Crippen LogP contribution in [0, 0.1) is 5.82 Å². The van der Waals surface area contributed by atoms with Crippen molar-refractivity contribution in [2.45, 2.75) is 25.5 Å². The lowest BCUT2D eigenvalue weighted by atomic mass is 9.94.